The highest BCUT2D eigenvalue weighted by atomic mass is 32.2. The van der Waals surface area contributed by atoms with E-state index >= 15 is 4.39 Å². The molecule has 0 amide bonds. The number of H-pyrrole nitrogens is 1. The van der Waals surface area contributed by atoms with Crippen molar-refractivity contribution in [1.82, 2.24) is 19.3 Å². The third-order valence-electron chi connectivity index (χ3n) is 9.10. The fourth-order valence-corrected chi connectivity index (χ4v) is 7.71. The van der Waals surface area contributed by atoms with Crippen LogP contribution >= 0.6 is 0 Å². The number of rotatable bonds is 9. The van der Waals surface area contributed by atoms with E-state index in [4.69, 9.17) is 10.5 Å². The summed E-state index contributed by atoms with van der Waals surface area (Å²) in [7, 11) is -4.06. The van der Waals surface area contributed by atoms with Gasteiger partial charge in [-0.05, 0) is 68.9 Å². The van der Waals surface area contributed by atoms with Gasteiger partial charge in [-0.1, -0.05) is 0 Å². The van der Waals surface area contributed by atoms with Gasteiger partial charge in [0.05, 0.1) is 23.5 Å². The van der Waals surface area contributed by atoms with Gasteiger partial charge < -0.3 is 20.4 Å². The van der Waals surface area contributed by atoms with Crippen LogP contribution in [0.4, 0.5) is 20.3 Å². The molecule has 11 nitrogen and oxygen atoms in total. The first-order chi connectivity index (χ1) is 22.2. The van der Waals surface area contributed by atoms with Crippen LogP contribution in [0.25, 0.3) is 22.2 Å². The monoisotopic (exact) mass is 651 g/mol. The largest absolute Gasteiger partial charge is 0.375 e. The summed E-state index contributed by atoms with van der Waals surface area (Å²) in [4.78, 5) is 27.8. The van der Waals surface area contributed by atoms with Crippen LogP contribution in [-0.2, 0) is 14.9 Å². The summed E-state index contributed by atoms with van der Waals surface area (Å²) in [6.07, 6.45) is 10.4. The van der Waals surface area contributed by atoms with E-state index in [1.807, 2.05) is 12.1 Å². The molecule has 14 heteroatoms. The zero-order valence-corrected chi connectivity index (χ0v) is 25.9. The van der Waals surface area contributed by atoms with Gasteiger partial charge in [0, 0.05) is 72.9 Å². The summed E-state index contributed by atoms with van der Waals surface area (Å²) >= 11 is 0. The number of aromatic amines is 1. The van der Waals surface area contributed by atoms with E-state index in [2.05, 4.69) is 24.6 Å². The minimum atomic E-state index is -4.06. The number of ketones is 1. The molecule has 1 aliphatic carbocycles. The van der Waals surface area contributed by atoms with E-state index in [9.17, 15) is 17.6 Å². The molecule has 0 unspecified atom stereocenters. The topological polar surface area (TPSA) is 147 Å². The second-order valence-corrected chi connectivity index (χ2v) is 13.9. The summed E-state index contributed by atoms with van der Waals surface area (Å²) in [5, 5.41) is 0.364. The summed E-state index contributed by atoms with van der Waals surface area (Å²) in [6, 6.07) is 7.70. The number of hydrogen-bond acceptors (Lipinski definition) is 8. The van der Waals surface area contributed by atoms with Crippen molar-refractivity contribution in [2.45, 2.75) is 56.8 Å². The van der Waals surface area contributed by atoms with Crippen LogP contribution in [0.5, 0.6) is 0 Å². The molecule has 3 fully saturated rings. The van der Waals surface area contributed by atoms with Crippen molar-refractivity contribution in [3.05, 3.63) is 71.7 Å². The molecule has 0 bridgehead atoms. The molecule has 1 saturated carbocycles. The van der Waals surface area contributed by atoms with Crippen LogP contribution in [0.2, 0.25) is 0 Å². The molecule has 0 spiro atoms. The van der Waals surface area contributed by atoms with Gasteiger partial charge >= 0.3 is 10.2 Å². The van der Waals surface area contributed by atoms with Crippen LogP contribution in [0.3, 0.4) is 0 Å². The Morgan fingerprint density at radius 1 is 0.978 bits per heavy atom. The Morgan fingerprint density at radius 2 is 1.72 bits per heavy atom. The van der Waals surface area contributed by atoms with Crippen molar-refractivity contribution in [1.29, 1.82) is 0 Å². The molecule has 7 rings (SSSR count). The minimum Gasteiger partial charge on any atom is -0.375 e. The predicted molar refractivity (Wildman–Crippen MR) is 170 cm³/mol. The molecule has 0 radical (unpaired) electrons. The molecule has 0 atom stereocenters. The third-order valence-corrected chi connectivity index (χ3v) is 10.6. The van der Waals surface area contributed by atoms with E-state index < -0.39 is 38.9 Å². The molecule has 4 N–H and O–H groups in total. The number of halogens is 2. The number of piperidine rings is 1. The first-order valence-corrected chi connectivity index (χ1v) is 17.0. The van der Waals surface area contributed by atoms with Gasteiger partial charge in [0.1, 0.15) is 17.3 Å². The second kappa shape index (κ2) is 12.3. The number of carbonyl (C=O) groups is 1. The van der Waals surface area contributed by atoms with Crippen molar-refractivity contribution >= 4 is 38.5 Å². The van der Waals surface area contributed by atoms with E-state index in [0.717, 1.165) is 62.3 Å². The Kier molecular flexibility index (Phi) is 8.21. The maximum absolute atomic E-state index is 15.6. The minimum absolute atomic E-state index is 0.000235. The zero-order chi connectivity index (χ0) is 32.0. The summed E-state index contributed by atoms with van der Waals surface area (Å²) in [5.41, 5.74) is 6.30. The summed E-state index contributed by atoms with van der Waals surface area (Å²) in [5.74, 6) is -2.48. The number of hydrogen-bond donors (Lipinski definition) is 3. The molecule has 1 aromatic carbocycles. The van der Waals surface area contributed by atoms with Gasteiger partial charge in [-0.15, -0.1) is 0 Å². The lowest BCUT2D eigenvalue weighted by molar-refractivity contribution is -0.0668. The number of benzene rings is 1. The Balaban J connectivity index is 1.08. The van der Waals surface area contributed by atoms with Crippen molar-refractivity contribution in [2.24, 2.45) is 5.73 Å². The Morgan fingerprint density at radius 3 is 2.41 bits per heavy atom. The zero-order valence-electron chi connectivity index (χ0n) is 25.1. The molecule has 5 heterocycles. The molecule has 3 aromatic heterocycles. The fraction of sp³-hybridized carbons (Fsp3) is 0.406. The molecule has 4 aromatic rings. The number of carbonyl (C=O) groups excluding carboxylic acids is 1. The lowest BCUT2D eigenvalue weighted by atomic mass is 9.90. The number of anilines is 2. The number of pyridine rings is 2. The maximum Gasteiger partial charge on any atom is 0.301 e. The van der Waals surface area contributed by atoms with E-state index in [-0.39, 0.29) is 23.8 Å². The van der Waals surface area contributed by atoms with Crippen LogP contribution in [0.1, 0.15) is 54.4 Å². The number of aromatic nitrogens is 3. The highest BCUT2D eigenvalue weighted by molar-refractivity contribution is 7.90. The SMILES string of the molecule is N[C@H]1C[C@H](OC2CCN(c3ccc(-c4cnc5[nH]cc(C(=O)c6c(F)ccc(NS(=O)(=O)N7CCCC7)c6F)c5c4)cn3)CC2)C1. The highest BCUT2D eigenvalue weighted by Gasteiger charge is 2.32. The quantitative estimate of drug-likeness (QED) is 0.226. The molecule has 242 valence electrons. The van der Waals surface area contributed by atoms with Crippen LogP contribution in [0.15, 0.2) is 48.9 Å². The molecule has 46 heavy (non-hydrogen) atoms. The second-order valence-electron chi connectivity index (χ2n) is 12.2. The van der Waals surface area contributed by atoms with Crippen molar-refractivity contribution in [3.8, 4) is 11.1 Å². The Bertz CT molecular complexity index is 1870. The first-order valence-electron chi connectivity index (χ1n) is 15.6. The lowest BCUT2D eigenvalue weighted by Crippen LogP contribution is -2.45. The summed E-state index contributed by atoms with van der Waals surface area (Å²) < 4.78 is 65.5. The van der Waals surface area contributed by atoms with Gasteiger partial charge in [-0.3, -0.25) is 9.52 Å². The number of ether oxygens (including phenoxy) is 1. The van der Waals surface area contributed by atoms with Gasteiger partial charge in [0.2, 0.25) is 5.78 Å². The molecular formula is C32H35F2N7O4S. The van der Waals surface area contributed by atoms with E-state index in [1.165, 1.54) is 10.5 Å². The van der Waals surface area contributed by atoms with Gasteiger partial charge in [0.15, 0.2) is 5.82 Å². The predicted octanol–water partition coefficient (Wildman–Crippen LogP) is 4.36. The normalized spacial score (nSPS) is 21.1. The third kappa shape index (κ3) is 5.97. The fourth-order valence-electron chi connectivity index (χ4n) is 6.41. The van der Waals surface area contributed by atoms with E-state index in [1.54, 1.807) is 18.5 Å². The molecule has 3 aliphatic rings. The number of nitrogens with two attached hydrogens (primary N) is 1. The summed E-state index contributed by atoms with van der Waals surface area (Å²) in [6.45, 7) is 2.29. The van der Waals surface area contributed by atoms with E-state index in [0.29, 0.717) is 42.5 Å². The van der Waals surface area contributed by atoms with Crippen LogP contribution in [-0.4, -0.2) is 77.9 Å². The molecule has 2 aliphatic heterocycles. The highest BCUT2D eigenvalue weighted by Crippen LogP contribution is 2.31. The number of nitrogens with one attached hydrogen (secondary N) is 2. The van der Waals surface area contributed by atoms with Gasteiger partial charge in [0.25, 0.3) is 0 Å². The maximum atomic E-state index is 15.6. The smallest absolute Gasteiger partial charge is 0.301 e. The van der Waals surface area contributed by atoms with Crippen LogP contribution < -0.4 is 15.4 Å². The Labute approximate surface area is 265 Å². The van der Waals surface area contributed by atoms with Gasteiger partial charge in [-0.25, -0.2) is 18.7 Å². The Hall–Kier alpha value is -3.98. The van der Waals surface area contributed by atoms with Crippen molar-refractivity contribution in [2.75, 3.05) is 35.8 Å². The van der Waals surface area contributed by atoms with Gasteiger partial charge in [-0.2, -0.15) is 12.7 Å². The average molecular weight is 652 g/mol. The molecular weight excluding hydrogens is 616 g/mol. The van der Waals surface area contributed by atoms with Crippen LogP contribution in [0, 0.1) is 11.6 Å². The first kappa shape index (κ1) is 30.7. The average Bonchev–Trinajstić information content (AvgIpc) is 3.73. The lowest BCUT2D eigenvalue weighted by Gasteiger charge is -2.39. The standard InChI is InChI=1S/C32H35F2N7O4S/c33-26-4-5-27(39-46(43,44)41-9-1-2-10-41)30(34)29(26)31(42)25-18-38-32-24(25)13-20(17-37-32)19-3-6-28(36-16-19)40-11-7-22(8-12-40)45-23-14-21(35)15-23/h3-6,13,16-18,21-23,39H,1-2,7-12,14-15,35H2,(H,37,38)/t21-,23-. The molecule has 2 saturated heterocycles. The number of nitrogens with zero attached hydrogens (tertiary/aromatic N) is 4. The number of fused-ring (bicyclic) bond motifs is 1. The van der Waals surface area contributed by atoms with Crippen molar-refractivity contribution < 1.29 is 26.7 Å². The van der Waals surface area contributed by atoms with Crippen molar-refractivity contribution in [3.63, 3.8) is 0 Å².